The summed E-state index contributed by atoms with van der Waals surface area (Å²) in [5.74, 6) is 0.578. The van der Waals surface area contributed by atoms with Crippen LogP contribution in [0.3, 0.4) is 0 Å². The number of nitrogens with two attached hydrogens (primary N) is 1. The van der Waals surface area contributed by atoms with Crippen LogP contribution in [-0.2, 0) is 4.79 Å². The summed E-state index contributed by atoms with van der Waals surface area (Å²) in [6, 6.07) is 7.45. The summed E-state index contributed by atoms with van der Waals surface area (Å²) in [6.45, 7) is 2.65. The molecular weight excluding hydrogens is 310 g/mol. The van der Waals surface area contributed by atoms with Crippen LogP contribution in [0, 0.1) is 5.92 Å². The summed E-state index contributed by atoms with van der Waals surface area (Å²) in [5.41, 5.74) is 5.88. The zero-order chi connectivity index (χ0) is 16.7. The van der Waals surface area contributed by atoms with Crippen molar-refractivity contribution >= 4 is 23.6 Å². The van der Waals surface area contributed by atoms with Gasteiger partial charge in [0.1, 0.15) is 0 Å². The van der Waals surface area contributed by atoms with Crippen LogP contribution in [0.15, 0.2) is 29.2 Å². The minimum absolute atomic E-state index is 0.0598. The predicted octanol–water partition coefficient (Wildman–Crippen LogP) is 1.73. The lowest BCUT2D eigenvalue weighted by Crippen LogP contribution is -2.39. The zero-order valence-corrected chi connectivity index (χ0v) is 14.4. The number of piperidine rings is 1. The van der Waals surface area contributed by atoms with E-state index in [0.29, 0.717) is 11.5 Å². The van der Waals surface area contributed by atoms with Gasteiger partial charge in [-0.3, -0.25) is 9.59 Å². The van der Waals surface area contributed by atoms with Gasteiger partial charge in [-0.2, -0.15) is 0 Å². The van der Waals surface area contributed by atoms with Crippen LogP contribution in [0.2, 0.25) is 0 Å². The smallest absolute Gasteiger partial charge is 0.254 e. The predicted molar refractivity (Wildman–Crippen MR) is 93.5 cm³/mol. The molecule has 6 heteroatoms. The number of hydrogen-bond acceptors (Lipinski definition) is 4. The van der Waals surface area contributed by atoms with Gasteiger partial charge in [0.2, 0.25) is 5.91 Å². The third kappa shape index (κ3) is 5.25. The van der Waals surface area contributed by atoms with Crippen molar-refractivity contribution in [2.45, 2.75) is 24.2 Å². The van der Waals surface area contributed by atoms with E-state index < -0.39 is 0 Å². The van der Waals surface area contributed by atoms with E-state index in [1.807, 2.05) is 36.2 Å². The summed E-state index contributed by atoms with van der Waals surface area (Å²) >= 11 is 1.33. The molecule has 0 bridgehead atoms. The Morgan fingerprint density at radius 1 is 1.30 bits per heavy atom. The first-order valence-electron chi connectivity index (χ1n) is 8.05. The molecule has 0 aliphatic carbocycles. The molecule has 0 atom stereocenters. The maximum absolute atomic E-state index is 12.8. The van der Waals surface area contributed by atoms with Gasteiger partial charge in [0, 0.05) is 18.0 Å². The third-order valence-electron chi connectivity index (χ3n) is 4.19. The lowest BCUT2D eigenvalue weighted by molar-refractivity contribution is -0.115. The van der Waals surface area contributed by atoms with E-state index in [2.05, 4.69) is 5.32 Å². The standard InChI is InChI=1S/C17H25N3O2S/c1-19-9-6-13-7-10-20(11-8-13)17(22)14-4-2-3-5-15(14)23-12-16(18)21/h2-5,13,19H,6-12H2,1H3,(H2,18,21). The lowest BCUT2D eigenvalue weighted by Gasteiger charge is -2.32. The Balaban J connectivity index is 1.97. The van der Waals surface area contributed by atoms with Crippen molar-refractivity contribution in [3.8, 4) is 0 Å². The monoisotopic (exact) mass is 335 g/mol. The maximum atomic E-state index is 12.8. The molecule has 2 rings (SSSR count). The van der Waals surface area contributed by atoms with Crippen molar-refractivity contribution in [3.05, 3.63) is 29.8 Å². The van der Waals surface area contributed by atoms with Crippen LogP contribution in [0.4, 0.5) is 0 Å². The molecule has 1 aromatic rings. The van der Waals surface area contributed by atoms with Gasteiger partial charge in [0.05, 0.1) is 11.3 Å². The Kier molecular flexibility index (Phi) is 6.92. The van der Waals surface area contributed by atoms with Crippen molar-refractivity contribution in [2.24, 2.45) is 11.7 Å². The van der Waals surface area contributed by atoms with Crippen LogP contribution >= 0.6 is 11.8 Å². The van der Waals surface area contributed by atoms with Gasteiger partial charge in [-0.15, -0.1) is 11.8 Å². The molecule has 5 nitrogen and oxygen atoms in total. The Labute approximate surface area is 142 Å². The van der Waals surface area contributed by atoms with Gasteiger partial charge >= 0.3 is 0 Å². The van der Waals surface area contributed by atoms with Crippen molar-refractivity contribution in [1.82, 2.24) is 10.2 Å². The number of carbonyl (C=O) groups is 2. The molecule has 0 spiro atoms. The number of amides is 2. The van der Waals surface area contributed by atoms with Crippen molar-refractivity contribution in [2.75, 3.05) is 32.4 Å². The molecule has 23 heavy (non-hydrogen) atoms. The number of rotatable bonds is 7. The summed E-state index contributed by atoms with van der Waals surface area (Å²) in [5, 5.41) is 3.18. The second kappa shape index (κ2) is 8.93. The van der Waals surface area contributed by atoms with Gasteiger partial charge in [0.25, 0.3) is 5.91 Å². The molecule has 1 aliphatic heterocycles. The molecule has 0 aromatic heterocycles. The first kappa shape index (κ1) is 17.8. The topological polar surface area (TPSA) is 75.4 Å². The molecule has 1 saturated heterocycles. The SMILES string of the molecule is CNCCC1CCN(C(=O)c2ccccc2SCC(N)=O)CC1. The minimum atomic E-state index is -0.373. The minimum Gasteiger partial charge on any atom is -0.369 e. The van der Waals surface area contributed by atoms with Crippen molar-refractivity contribution in [1.29, 1.82) is 0 Å². The zero-order valence-electron chi connectivity index (χ0n) is 13.6. The van der Waals surface area contributed by atoms with Crippen molar-refractivity contribution < 1.29 is 9.59 Å². The number of nitrogens with one attached hydrogen (secondary N) is 1. The Bertz CT molecular complexity index is 542. The Morgan fingerprint density at radius 2 is 2.00 bits per heavy atom. The molecule has 1 aromatic carbocycles. The number of primary amides is 1. The molecule has 0 saturated carbocycles. The maximum Gasteiger partial charge on any atom is 0.254 e. The second-order valence-electron chi connectivity index (χ2n) is 5.88. The first-order chi connectivity index (χ1) is 11.1. The average molecular weight is 335 g/mol. The highest BCUT2D eigenvalue weighted by Gasteiger charge is 2.24. The Morgan fingerprint density at radius 3 is 2.65 bits per heavy atom. The highest BCUT2D eigenvalue weighted by atomic mass is 32.2. The number of likely N-dealkylation sites (tertiary alicyclic amines) is 1. The van der Waals surface area contributed by atoms with E-state index in [1.165, 1.54) is 18.2 Å². The molecule has 1 aliphatic rings. The fourth-order valence-electron chi connectivity index (χ4n) is 2.86. The molecule has 2 amide bonds. The number of nitrogens with zero attached hydrogens (tertiary/aromatic N) is 1. The average Bonchev–Trinajstić information content (AvgIpc) is 2.58. The molecule has 1 fully saturated rings. The van der Waals surface area contributed by atoms with Gasteiger partial charge < -0.3 is 16.0 Å². The number of hydrogen-bond donors (Lipinski definition) is 2. The summed E-state index contributed by atoms with van der Waals surface area (Å²) < 4.78 is 0. The number of benzene rings is 1. The van der Waals surface area contributed by atoms with Crippen LogP contribution < -0.4 is 11.1 Å². The second-order valence-corrected chi connectivity index (χ2v) is 6.90. The van der Waals surface area contributed by atoms with E-state index >= 15 is 0 Å². The van der Waals surface area contributed by atoms with Gasteiger partial charge in [0.15, 0.2) is 0 Å². The summed E-state index contributed by atoms with van der Waals surface area (Å²) in [7, 11) is 1.97. The van der Waals surface area contributed by atoms with Gasteiger partial charge in [-0.1, -0.05) is 12.1 Å². The molecule has 0 radical (unpaired) electrons. The van der Waals surface area contributed by atoms with E-state index in [0.717, 1.165) is 37.4 Å². The van der Waals surface area contributed by atoms with Crippen LogP contribution in [0.1, 0.15) is 29.6 Å². The lowest BCUT2D eigenvalue weighted by atomic mass is 9.93. The molecular formula is C17H25N3O2S. The largest absolute Gasteiger partial charge is 0.369 e. The quantitative estimate of drug-likeness (QED) is 0.744. The highest BCUT2D eigenvalue weighted by Crippen LogP contribution is 2.26. The van der Waals surface area contributed by atoms with E-state index in [1.54, 1.807) is 0 Å². The fraction of sp³-hybridized carbons (Fsp3) is 0.529. The summed E-state index contributed by atoms with van der Waals surface area (Å²) in [4.78, 5) is 26.5. The van der Waals surface area contributed by atoms with E-state index in [-0.39, 0.29) is 17.6 Å². The molecule has 1 heterocycles. The van der Waals surface area contributed by atoms with Gasteiger partial charge in [-0.05, 0) is 50.9 Å². The fourth-order valence-corrected chi connectivity index (χ4v) is 3.65. The van der Waals surface area contributed by atoms with Crippen molar-refractivity contribution in [3.63, 3.8) is 0 Å². The summed E-state index contributed by atoms with van der Waals surface area (Å²) in [6.07, 6.45) is 3.29. The number of carbonyl (C=O) groups excluding carboxylic acids is 2. The Hall–Kier alpha value is -1.53. The number of thioether (sulfide) groups is 1. The molecule has 0 unspecified atom stereocenters. The normalized spacial score (nSPS) is 15.6. The first-order valence-corrected chi connectivity index (χ1v) is 9.04. The van der Waals surface area contributed by atoms with Crippen LogP contribution in [0.5, 0.6) is 0 Å². The molecule has 126 valence electrons. The third-order valence-corrected chi connectivity index (χ3v) is 5.29. The van der Waals surface area contributed by atoms with Crippen LogP contribution in [0.25, 0.3) is 0 Å². The highest BCUT2D eigenvalue weighted by molar-refractivity contribution is 8.00. The van der Waals surface area contributed by atoms with Crippen LogP contribution in [-0.4, -0.2) is 49.1 Å². The van der Waals surface area contributed by atoms with E-state index in [9.17, 15) is 9.59 Å². The van der Waals surface area contributed by atoms with E-state index in [4.69, 9.17) is 5.73 Å². The molecule has 3 N–H and O–H groups in total. The van der Waals surface area contributed by atoms with Gasteiger partial charge in [-0.25, -0.2) is 0 Å².